The molecule has 2 bridgehead atoms. The molecule has 3 aliphatic heterocycles. The van der Waals surface area contributed by atoms with E-state index in [4.69, 9.17) is 4.18 Å². The van der Waals surface area contributed by atoms with Crippen LogP contribution >= 0.6 is 0 Å². The van der Waals surface area contributed by atoms with E-state index < -0.39 is 10.2 Å². The van der Waals surface area contributed by atoms with Crippen LogP contribution in [0.1, 0.15) is 0 Å². The van der Waals surface area contributed by atoms with Crippen molar-refractivity contribution in [3.05, 3.63) is 11.5 Å². The maximum absolute atomic E-state index is 10.8. The molecular formula is C4H6O2S. The SMILES string of the molecule is O=[SH]12C=CC(C1)O2. The minimum Gasteiger partial charge on any atom is -0.277 e. The zero-order valence-corrected chi connectivity index (χ0v) is 4.60. The number of hydrogen-bond acceptors (Lipinski definition) is 2. The maximum Gasteiger partial charge on any atom is 0.118 e. The van der Waals surface area contributed by atoms with Gasteiger partial charge in [-0.1, -0.05) is 0 Å². The summed E-state index contributed by atoms with van der Waals surface area (Å²) in [6, 6.07) is 0. The van der Waals surface area contributed by atoms with E-state index in [1.807, 2.05) is 6.08 Å². The van der Waals surface area contributed by atoms with Crippen molar-refractivity contribution in [3.63, 3.8) is 0 Å². The molecule has 40 valence electrons. The molecule has 0 aromatic heterocycles. The van der Waals surface area contributed by atoms with Crippen molar-refractivity contribution in [1.82, 2.24) is 0 Å². The van der Waals surface area contributed by atoms with Crippen LogP contribution in [0.4, 0.5) is 0 Å². The van der Waals surface area contributed by atoms with E-state index in [0.717, 1.165) is 5.75 Å². The van der Waals surface area contributed by atoms with Crippen molar-refractivity contribution in [1.29, 1.82) is 0 Å². The van der Waals surface area contributed by atoms with Crippen LogP contribution in [0.15, 0.2) is 11.5 Å². The molecule has 1 unspecified atom stereocenters. The lowest BCUT2D eigenvalue weighted by Gasteiger charge is -2.33. The van der Waals surface area contributed by atoms with E-state index in [1.165, 1.54) is 0 Å². The van der Waals surface area contributed by atoms with Crippen LogP contribution < -0.4 is 0 Å². The average Bonchev–Trinajstić information content (AvgIpc) is 1.88. The van der Waals surface area contributed by atoms with Gasteiger partial charge in [0.15, 0.2) is 0 Å². The Labute approximate surface area is 42.8 Å². The van der Waals surface area contributed by atoms with Gasteiger partial charge >= 0.3 is 0 Å². The standard InChI is InChI=1S/C4H6O2S/c5-7-2-1-4(3-7)6-7/h1-2,4,7H,3H2. The van der Waals surface area contributed by atoms with Crippen LogP contribution in [0.25, 0.3) is 0 Å². The molecule has 0 aromatic rings. The molecule has 0 saturated carbocycles. The molecule has 1 fully saturated rings. The van der Waals surface area contributed by atoms with E-state index in [1.54, 1.807) is 5.41 Å². The Morgan fingerprint density at radius 1 is 1.86 bits per heavy atom. The third-order valence-corrected chi connectivity index (χ3v) is 3.40. The molecule has 3 aliphatic rings. The van der Waals surface area contributed by atoms with Crippen LogP contribution in [0.2, 0.25) is 0 Å². The van der Waals surface area contributed by atoms with Crippen molar-refractivity contribution in [2.75, 3.05) is 5.75 Å². The zero-order chi connectivity index (χ0) is 4.91. The quantitative estimate of drug-likeness (QED) is 0.447. The minimum absolute atomic E-state index is 0.214. The third-order valence-electron chi connectivity index (χ3n) is 1.28. The van der Waals surface area contributed by atoms with Crippen molar-refractivity contribution in [2.24, 2.45) is 0 Å². The fraction of sp³-hybridized carbons (Fsp3) is 0.500. The summed E-state index contributed by atoms with van der Waals surface area (Å²) in [7, 11) is -2.08. The lowest BCUT2D eigenvalue weighted by Crippen LogP contribution is -2.35. The molecular weight excluding hydrogens is 112 g/mol. The van der Waals surface area contributed by atoms with Gasteiger partial charge in [-0.3, -0.25) is 4.18 Å². The first-order valence-corrected chi connectivity index (χ1v) is 4.13. The van der Waals surface area contributed by atoms with Crippen molar-refractivity contribution in [3.8, 4) is 0 Å². The first-order valence-electron chi connectivity index (χ1n) is 2.25. The van der Waals surface area contributed by atoms with E-state index in [-0.39, 0.29) is 6.10 Å². The Hall–Kier alpha value is -0.150. The molecule has 0 spiro atoms. The molecule has 0 N–H and O–H groups in total. The summed E-state index contributed by atoms with van der Waals surface area (Å²) in [5.41, 5.74) is 0. The molecule has 3 heteroatoms. The first-order chi connectivity index (χ1) is 3.29. The van der Waals surface area contributed by atoms with E-state index in [2.05, 4.69) is 0 Å². The lowest BCUT2D eigenvalue weighted by molar-refractivity contribution is 0.254. The Morgan fingerprint density at radius 3 is 2.71 bits per heavy atom. The van der Waals surface area contributed by atoms with E-state index >= 15 is 0 Å². The summed E-state index contributed by atoms with van der Waals surface area (Å²) in [5.74, 6) is 0.771. The van der Waals surface area contributed by atoms with Gasteiger partial charge in [0.05, 0.1) is 5.75 Å². The summed E-state index contributed by atoms with van der Waals surface area (Å²) in [5, 5.41) is 1.71. The molecule has 1 saturated heterocycles. The van der Waals surface area contributed by atoms with Gasteiger partial charge in [-0.15, -0.1) is 0 Å². The summed E-state index contributed by atoms with van der Waals surface area (Å²) in [6.07, 6.45) is 2.09. The summed E-state index contributed by atoms with van der Waals surface area (Å²) in [6.45, 7) is 0. The van der Waals surface area contributed by atoms with Crippen LogP contribution in [-0.2, 0) is 14.4 Å². The maximum atomic E-state index is 10.8. The number of thiol groups is 1. The van der Waals surface area contributed by atoms with E-state index in [0.29, 0.717) is 0 Å². The fourth-order valence-corrected chi connectivity index (χ4v) is 2.67. The smallest absolute Gasteiger partial charge is 0.118 e. The average molecular weight is 118 g/mol. The molecule has 0 radical (unpaired) electrons. The second-order valence-corrected chi connectivity index (χ2v) is 4.22. The van der Waals surface area contributed by atoms with Gasteiger partial charge in [0.25, 0.3) is 0 Å². The monoisotopic (exact) mass is 118 g/mol. The minimum atomic E-state index is -2.08. The molecule has 7 heavy (non-hydrogen) atoms. The van der Waals surface area contributed by atoms with Crippen LogP contribution in [0, 0.1) is 0 Å². The molecule has 3 rings (SSSR count). The zero-order valence-electron chi connectivity index (χ0n) is 3.70. The highest BCUT2D eigenvalue weighted by Gasteiger charge is 2.34. The normalized spacial score (nSPS) is 45.4. The first kappa shape index (κ1) is 3.80. The van der Waals surface area contributed by atoms with Crippen molar-refractivity contribution in [2.45, 2.75) is 6.10 Å². The van der Waals surface area contributed by atoms with Gasteiger partial charge in [-0.25, -0.2) is 4.21 Å². The Morgan fingerprint density at radius 2 is 2.57 bits per heavy atom. The summed E-state index contributed by atoms with van der Waals surface area (Å²) < 4.78 is 15.7. The second-order valence-electron chi connectivity index (χ2n) is 1.89. The Bertz CT molecular complexity index is 163. The highest BCUT2D eigenvalue weighted by Crippen LogP contribution is 2.33. The van der Waals surface area contributed by atoms with Gasteiger partial charge in [0.2, 0.25) is 0 Å². The molecule has 1 atom stereocenters. The van der Waals surface area contributed by atoms with Crippen LogP contribution in [0.3, 0.4) is 0 Å². The second kappa shape index (κ2) is 0.833. The number of rotatable bonds is 0. The van der Waals surface area contributed by atoms with Gasteiger partial charge in [-0.05, 0) is 6.08 Å². The highest BCUT2D eigenvalue weighted by molar-refractivity contribution is 8.02. The fourth-order valence-electron chi connectivity index (χ4n) is 0.891. The van der Waals surface area contributed by atoms with Gasteiger partial charge in [0.1, 0.15) is 6.10 Å². The van der Waals surface area contributed by atoms with Crippen LogP contribution in [0.5, 0.6) is 0 Å². The third kappa shape index (κ3) is 0.345. The largest absolute Gasteiger partial charge is 0.277 e. The predicted molar refractivity (Wildman–Crippen MR) is 28.4 cm³/mol. The van der Waals surface area contributed by atoms with Crippen LogP contribution in [-0.4, -0.2) is 16.1 Å². The van der Waals surface area contributed by atoms with E-state index in [9.17, 15) is 4.21 Å². The highest BCUT2D eigenvalue weighted by atomic mass is 32.3. The topological polar surface area (TPSA) is 26.3 Å². The lowest BCUT2D eigenvalue weighted by atomic mass is 10.4. The Balaban J connectivity index is 2.50. The molecule has 0 aliphatic carbocycles. The predicted octanol–water partition coefficient (Wildman–Crippen LogP) is -0.156. The summed E-state index contributed by atoms with van der Waals surface area (Å²) in [4.78, 5) is 0. The van der Waals surface area contributed by atoms with Gasteiger partial charge in [0, 0.05) is 5.41 Å². The summed E-state index contributed by atoms with van der Waals surface area (Å²) >= 11 is 0. The van der Waals surface area contributed by atoms with Gasteiger partial charge in [-0.2, -0.15) is 10.2 Å². The number of hydrogen-bond donors (Lipinski definition) is 1. The molecule has 3 heterocycles. The molecule has 0 aromatic carbocycles. The van der Waals surface area contributed by atoms with Gasteiger partial charge < -0.3 is 0 Å². The Kier molecular flexibility index (Phi) is 0.453. The van der Waals surface area contributed by atoms with Crippen molar-refractivity contribution >= 4 is 10.2 Å². The molecule has 2 nitrogen and oxygen atoms in total. The molecule has 0 amide bonds. The van der Waals surface area contributed by atoms with Crippen molar-refractivity contribution < 1.29 is 8.39 Å².